The Kier molecular flexibility index (Phi) is 5.76. The first-order chi connectivity index (χ1) is 13.4. The molecule has 1 aliphatic carbocycles. The van der Waals surface area contributed by atoms with E-state index in [9.17, 15) is 19.1 Å². The smallest absolute Gasteiger partial charge is 0.296 e. The summed E-state index contributed by atoms with van der Waals surface area (Å²) >= 11 is 0. The normalized spacial score (nSPS) is 15.1. The molecule has 0 unspecified atom stereocenters. The van der Waals surface area contributed by atoms with Crippen molar-refractivity contribution >= 4 is 5.91 Å². The van der Waals surface area contributed by atoms with Gasteiger partial charge in [0.1, 0.15) is 17.2 Å². The number of halogens is 1. The van der Waals surface area contributed by atoms with Crippen LogP contribution in [0.2, 0.25) is 0 Å². The molecule has 1 amide bonds. The zero-order chi connectivity index (χ0) is 20.3. The maximum absolute atomic E-state index is 13.0. The monoisotopic (exact) mass is 391 g/mol. The quantitative estimate of drug-likeness (QED) is 0.647. The number of ether oxygens (including phenoxy) is 1. The number of carbonyl (C=O) groups is 1. The summed E-state index contributed by atoms with van der Waals surface area (Å²) in [6, 6.07) is 5.58. The van der Waals surface area contributed by atoms with Gasteiger partial charge in [0, 0.05) is 13.6 Å². The van der Waals surface area contributed by atoms with E-state index in [2.05, 4.69) is 10.3 Å². The third-order valence-electron chi connectivity index (χ3n) is 4.89. The zero-order valence-electron chi connectivity index (χ0n) is 15.4. The Morgan fingerprint density at radius 1 is 1.36 bits per heavy atom. The molecule has 150 valence electrons. The molecule has 1 aromatic heterocycles. The van der Waals surface area contributed by atoms with Gasteiger partial charge in [-0.3, -0.25) is 14.2 Å². The van der Waals surface area contributed by atoms with E-state index in [1.807, 2.05) is 0 Å². The molecule has 0 atom stereocenters. The van der Waals surface area contributed by atoms with Gasteiger partial charge in [-0.15, -0.1) is 0 Å². The van der Waals surface area contributed by atoms with Crippen molar-refractivity contribution < 1.29 is 24.1 Å². The number of aliphatic hydroxyl groups excluding tert-OH is 1. The van der Waals surface area contributed by atoms with Gasteiger partial charge in [0.2, 0.25) is 5.75 Å². The fraction of sp³-hybridized carbons (Fsp3) is 0.421. The molecule has 2 aromatic rings. The van der Waals surface area contributed by atoms with Crippen molar-refractivity contribution in [1.82, 2.24) is 14.9 Å². The van der Waals surface area contributed by atoms with Crippen LogP contribution in [0.25, 0.3) is 0 Å². The minimum Gasteiger partial charge on any atom is -0.501 e. The molecule has 0 spiro atoms. The van der Waals surface area contributed by atoms with E-state index in [0.717, 1.165) is 6.42 Å². The summed E-state index contributed by atoms with van der Waals surface area (Å²) in [6.45, 7) is -0.0292. The third kappa shape index (κ3) is 3.76. The fourth-order valence-electron chi connectivity index (χ4n) is 3.20. The lowest BCUT2D eigenvalue weighted by atomic mass is 9.79. The van der Waals surface area contributed by atoms with Crippen molar-refractivity contribution in [2.24, 2.45) is 7.05 Å². The molecule has 1 fully saturated rings. The number of nitrogens with one attached hydrogen (secondary N) is 1. The van der Waals surface area contributed by atoms with Gasteiger partial charge in [-0.2, -0.15) is 0 Å². The van der Waals surface area contributed by atoms with Crippen molar-refractivity contribution in [1.29, 1.82) is 0 Å². The number of carbonyl (C=O) groups excluding carboxylic acids is 1. The predicted molar refractivity (Wildman–Crippen MR) is 97.3 cm³/mol. The Morgan fingerprint density at radius 2 is 2.04 bits per heavy atom. The molecule has 1 saturated carbocycles. The molecule has 0 aliphatic heterocycles. The summed E-state index contributed by atoms with van der Waals surface area (Å²) in [5.41, 5.74) is -1.36. The van der Waals surface area contributed by atoms with Crippen LogP contribution in [0.4, 0.5) is 4.39 Å². The highest BCUT2D eigenvalue weighted by Crippen LogP contribution is 2.43. The molecule has 0 radical (unpaired) electrons. The van der Waals surface area contributed by atoms with E-state index in [4.69, 9.17) is 9.84 Å². The molecule has 8 nitrogen and oxygen atoms in total. The summed E-state index contributed by atoms with van der Waals surface area (Å²) in [7, 11) is 1.45. The number of nitrogens with zero attached hydrogens (tertiary/aromatic N) is 2. The summed E-state index contributed by atoms with van der Waals surface area (Å²) in [6.07, 6.45) is 2.04. The van der Waals surface area contributed by atoms with E-state index >= 15 is 0 Å². The minimum atomic E-state index is -0.865. The highest BCUT2D eigenvalue weighted by atomic mass is 19.1. The van der Waals surface area contributed by atoms with Crippen LogP contribution >= 0.6 is 0 Å². The minimum absolute atomic E-state index is 0.0723. The molecule has 3 N–H and O–H groups in total. The maximum atomic E-state index is 13.0. The lowest BCUT2D eigenvalue weighted by Gasteiger charge is -2.41. The Morgan fingerprint density at radius 3 is 2.61 bits per heavy atom. The van der Waals surface area contributed by atoms with E-state index < -0.39 is 22.8 Å². The van der Waals surface area contributed by atoms with Crippen LogP contribution in [0.5, 0.6) is 5.75 Å². The van der Waals surface area contributed by atoms with Gasteiger partial charge < -0.3 is 20.3 Å². The molecule has 1 aromatic carbocycles. The second-order valence-electron chi connectivity index (χ2n) is 6.73. The Labute approximate surface area is 160 Å². The van der Waals surface area contributed by atoms with Gasteiger partial charge in [0.25, 0.3) is 11.5 Å². The topological polar surface area (TPSA) is 114 Å². The average Bonchev–Trinajstić information content (AvgIpc) is 2.66. The van der Waals surface area contributed by atoms with Crippen LogP contribution in [0.3, 0.4) is 0 Å². The molecule has 3 rings (SSSR count). The number of aromatic hydroxyl groups is 1. The standard InChI is InChI=1S/C19H22FN3O5/c1-23-17(27)15(25)14(16(26)21-11-12-3-5-13(20)6-4-12)22-18(23)19(7-2-8-19)28-10-9-24/h3-6,24-25H,2,7-11H2,1H3,(H,21,26). The summed E-state index contributed by atoms with van der Waals surface area (Å²) in [4.78, 5) is 29.2. The number of benzene rings is 1. The van der Waals surface area contributed by atoms with Gasteiger partial charge in [0.15, 0.2) is 5.69 Å². The molecular weight excluding hydrogens is 369 g/mol. The average molecular weight is 391 g/mol. The molecule has 1 heterocycles. The number of hydrogen-bond donors (Lipinski definition) is 3. The number of aliphatic hydroxyl groups is 1. The maximum Gasteiger partial charge on any atom is 0.296 e. The second kappa shape index (κ2) is 8.07. The highest BCUT2D eigenvalue weighted by molar-refractivity contribution is 5.94. The van der Waals surface area contributed by atoms with Crippen molar-refractivity contribution in [3.63, 3.8) is 0 Å². The van der Waals surface area contributed by atoms with Gasteiger partial charge in [-0.1, -0.05) is 12.1 Å². The van der Waals surface area contributed by atoms with Crippen LogP contribution in [-0.4, -0.2) is 38.9 Å². The van der Waals surface area contributed by atoms with Crippen LogP contribution in [0, 0.1) is 5.82 Å². The van der Waals surface area contributed by atoms with Crippen molar-refractivity contribution in [2.45, 2.75) is 31.4 Å². The third-order valence-corrected chi connectivity index (χ3v) is 4.89. The number of hydrogen-bond acceptors (Lipinski definition) is 6. The van der Waals surface area contributed by atoms with Gasteiger partial charge in [-0.05, 0) is 37.0 Å². The molecule has 1 aliphatic rings. The predicted octanol–water partition coefficient (Wildman–Crippen LogP) is 0.943. The summed E-state index contributed by atoms with van der Waals surface area (Å²) in [5, 5.41) is 21.8. The Bertz CT molecular complexity index is 922. The van der Waals surface area contributed by atoms with E-state index in [-0.39, 0.29) is 37.1 Å². The summed E-state index contributed by atoms with van der Waals surface area (Å²) in [5.74, 6) is -1.63. The van der Waals surface area contributed by atoms with Crippen LogP contribution in [-0.2, 0) is 23.9 Å². The number of amides is 1. The first kappa shape index (κ1) is 20.0. The zero-order valence-corrected chi connectivity index (χ0v) is 15.4. The van der Waals surface area contributed by atoms with Crippen molar-refractivity contribution in [3.05, 3.63) is 57.5 Å². The Hall–Kier alpha value is -2.78. The first-order valence-electron chi connectivity index (χ1n) is 8.96. The first-order valence-corrected chi connectivity index (χ1v) is 8.96. The number of aromatic nitrogens is 2. The lowest BCUT2D eigenvalue weighted by Crippen LogP contribution is -2.44. The Balaban J connectivity index is 1.88. The summed E-state index contributed by atoms with van der Waals surface area (Å²) < 4.78 is 19.9. The van der Waals surface area contributed by atoms with Gasteiger partial charge >= 0.3 is 0 Å². The molecule has 0 saturated heterocycles. The lowest BCUT2D eigenvalue weighted by molar-refractivity contribution is -0.122. The fourth-order valence-corrected chi connectivity index (χ4v) is 3.20. The van der Waals surface area contributed by atoms with Gasteiger partial charge in [-0.25, -0.2) is 9.37 Å². The van der Waals surface area contributed by atoms with E-state index in [1.165, 1.54) is 35.9 Å². The second-order valence-corrected chi connectivity index (χ2v) is 6.73. The molecule has 0 bridgehead atoms. The van der Waals surface area contributed by atoms with Gasteiger partial charge in [0.05, 0.1) is 13.2 Å². The van der Waals surface area contributed by atoms with Crippen LogP contribution < -0.4 is 10.9 Å². The van der Waals surface area contributed by atoms with E-state index in [0.29, 0.717) is 18.4 Å². The number of rotatable bonds is 7. The van der Waals surface area contributed by atoms with Crippen molar-refractivity contribution in [3.8, 4) is 5.75 Å². The van der Waals surface area contributed by atoms with Crippen LogP contribution in [0.1, 0.15) is 41.1 Å². The molecule has 28 heavy (non-hydrogen) atoms. The van der Waals surface area contributed by atoms with E-state index in [1.54, 1.807) is 0 Å². The largest absolute Gasteiger partial charge is 0.501 e. The molecule has 9 heteroatoms. The van der Waals surface area contributed by atoms with Crippen molar-refractivity contribution in [2.75, 3.05) is 13.2 Å². The van der Waals surface area contributed by atoms with Crippen LogP contribution in [0.15, 0.2) is 29.1 Å². The highest BCUT2D eigenvalue weighted by Gasteiger charge is 2.44. The molecular formula is C19H22FN3O5. The SMILES string of the molecule is Cn1c(C2(OCCO)CCC2)nc(C(=O)NCc2ccc(F)cc2)c(O)c1=O.